The van der Waals surface area contributed by atoms with Crippen LogP contribution in [0.5, 0.6) is 0 Å². The Bertz CT molecular complexity index is 332. The van der Waals surface area contributed by atoms with Gasteiger partial charge in [-0.05, 0) is 17.7 Å². The van der Waals surface area contributed by atoms with Gasteiger partial charge < -0.3 is 10.5 Å². The zero-order valence-electron chi connectivity index (χ0n) is 10.3. The molecule has 2 heteroatoms. The Balaban J connectivity index is 2.90. The molecule has 2 N–H and O–H groups in total. The SMILES string of the molecule is [2H]C([2H])([2H])OC([2H])([2H])c1ccc(N)cc1. The summed E-state index contributed by atoms with van der Waals surface area (Å²) in [5.41, 5.74) is 6.02. The van der Waals surface area contributed by atoms with Crippen LogP contribution in [0.1, 0.15) is 12.4 Å². The van der Waals surface area contributed by atoms with Crippen LogP contribution in [0.4, 0.5) is 5.69 Å². The van der Waals surface area contributed by atoms with Gasteiger partial charge in [-0.25, -0.2) is 0 Å². The van der Waals surface area contributed by atoms with Crippen molar-refractivity contribution < 1.29 is 11.6 Å². The topological polar surface area (TPSA) is 35.2 Å². The van der Waals surface area contributed by atoms with Crippen molar-refractivity contribution in [2.75, 3.05) is 12.8 Å². The first-order chi connectivity index (χ1) is 6.71. The van der Waals surface area contributed by atoms with Crippen LogP contribution in [0.25, 0.3) is 0 Å². The lowest BCUT2D eigenvalue weighted by atomic mass is 10.2. The van der Waals surface area contributed by atoms with E-state index in [1.165, 1.54) is 24.3 Å². The molecule has 0 spiro atoms. The van der Waals surface area contributed by atoms with Gasteiger partial charge in [0.25, 0.3) is 0 Å². The molecular weight excluding hydrogens is 126 g/mol. The summed E-state index contributed by atoms with van der Waals surface area (Å²) in [6.45, 7) is -2.35. The van der Waals surface area contributed by atoms with Crippen molar-refractivity contribution in [1.82, 2.24) is 0 Å². The molecule has 54 valence electrons. The predicted molar refractivity (Wildman–Crippen MR) is 41.6 cm³/mol. The molecule has 0 aliphatic heterocycles. The van der Waals surface area contributed by atoms with Gasteiger partial charge in [-0.1, -0.05) is 12.1 Å². The Morgan fingerprint density at radius 2 is 2.30 bits per heavy atom. The molecule has 1 aromatic carbocycles. The van der Waals surface area contributed by atoms with E-state index in [-0.39, 0.29) is 5.56 Å². The standard InChI is InChI=1S/C8H11NO/c1-10-6-7-2-4-8(9)5-3-7/h2-5H,6,9H2,1H3/i1D3,6D2. The highest BCUT2D eigenvalue weighted by atomic mass is 16.5. The highest BCUT2D eigenvalue weighted by molar-refractivity contribution is 5.38. The maximum Gasteiger partial charge on any atom is 0.0713 e. The van der Waals surface area contributed by atoms with Gasteiger partial charge in [-0.2, -0.15) is 0 Å². The van der Waals surface area contributed by atoms with Crippen molar-refractivity contribution in [3.05, 3.63) is 29.8 Å². The van der Waals surface area contributed by atoms with Gasteiger partial charge in [0.1, 0.15) is 0 Å². The fourth-order valence-electron chi connectivity index (χ4n) is 0.610. The average Bonchev–Trinajstić information content (AvgIpc) is 2.00. The molecule has 0 unspecified atom stereocenters. The van der Waals surface area contributed by atoms with Crippen molar-refractivity contribution in [3.63, 3.8) is 0 Å². The van der Waals surface area contributed by atoms with E-state index in [9.17, 15) is 0 Å². The molecule has 0 radical (unpaired) electrons. The fourth-order valence-corrected chi connectivity index (χ4v) is 0.610. The van der Waals surface area contributed by atoms with E-state index in [0.717, 1.165) is 0 Å². The molecule has 1 rings (SSSR count). The lowest BCUT2D eigenvalue weighted by molar-refractivity contribution is 0.185. The number of methoxy groups -OCH3 is 1. The Labute approximate surface area is 67.6 Å². The minimum Gasteiger partial charge on any atom is -0.399 e. The van der Waals surface area contributed by atoms with Crippen molar-refractivity contribution in [1.29, 1.82) is 0 Å². The Kier molecular flexibility index (Phi) is 0.944. The largest absolute Gasteiger partial charge is 0.399 e. The molecule has 10 heavy (non-hydrogen) atoms. The first kappa shape index (κ1) is 2.93. The van der Waals surface area contributed by atoms with Gasteiger partial charge in [0.2, 0.25) is 0 Å². The maximum atomic E-state index is 7.44. The lowest BCUT2D eigenvalue weighted by Crippen LogP contribution is -1.88. The lowest BCUT2D eigenvalue weighted by Gasteiger charge is -1.98. The molecular formula is C8H11NO. The van der Waals surface area contributed by atoms with E-state index >= 15 is 0 Å². The molecule has 0 bridgehead atoms. The second-order valence-electron chi connectivity index (χ2n) is 1.83. The zero-order valence-corrected chi connectivity index (χ0v) is 5.29. The second kappa shape index (κ2) is 3.22. The summed E-state index contributed by atoms with van der Waals surface area (Å²) < 4.78 is 39.7. The zero-order chi connectivity index (χ0) is 11.7. The summed E-state index contributed by atoms with van der Waals surface area (Å²) in [6, 6.07) is 5.74. The molecule has 0 aliphatic rings. The molecule has 2 nitrogen and oxygen atoms in total. The second-order valence-corrected chi connectivity index (χ2v) is 1.83. The van der Waals surface area contributed by atoms with Gasteiger partial charge in [-0.15, -0.1) is 0 Å². The summed E-state index contributed by atoms with van der Waals surface area (Å²) in [5.74, 6) is 0. The molecule has 0 amide bonds. The third-order valence-corrected chi connectivity index (χ3v) is 1.08. The van der Waals surface area contributed by atoms with E-state index in [4.69, 9.17) is 12.6 Å². The summed E-state index contributed by atoms with van der Waals surface area (Å²) in [5, 5.41) is 0. The molecule has 0 fully saturated rings. The fraction of sp³-hybridized carbons (Fsp3) is 0.250. The van der Waals surface area contributed by atoms with E-state index in [1.807, 2.05) is 0 Å². The average molecular weight is 142 g/mol. The third kappa shape index (κ3) is 1.74. The van der Waals surface area contributed by atoms with Crippen LogP contribution in [0.2, 0.25) is 0 Å². The van der Waals surface area contributed by atoms with Crippen LogP contribution in [-0.4, -0.2) is 7.04 Å². The number of ether oxygens (including phenoxy) is 1. The molecule has 0 aromatic heterocycles. The maximum absolute atomic E-state index is 7.44. The summed E-state index contributed by atoms with van der Waals surface area (Å²) in [7, 11) is -2.77. The van der Waals surface area contributed by atoms with Crippen molar-refractivity contribution >= 4 is 5.69 Å². The smallest absolute Gasteiger partial charge is 0.0713 e. The van der Waals surface area contributed by atoms with E-state index in [0.29, 0.717) is 5.69 Å². The summed E-state index contributed by atoms with van der Waals surface area (Å²) >= 11 is 0. The number of anilines is 1. The Morgan fingerprint density at radius 1 is 1.60 bits per heavy atom. The minimum absolute atomic E-state index is 0.118. The van der Waals surface area contributed by atoms with Gasteiger partial charge in [0.15, 0.2) is 0 Å². The van der Waals surface area contributed by atoms with Gasteiger partial charge in [0.05, 0.1) is 13.4 Å². The first-order valence-corrected chi connectivity index (χ1v) is 2.77. The van der Waals surface area contributed by atoms with Crippen LogP contribution < -0.4 is 5.73 Å². The van der Waals surface area contributed by atoms with Crippen LogP contribution >= 0.6 is 0 Å². The Hall–Kier alpha value is -1.02. The highest BCUT2D eigenvalue weighted by Crippen LogP contribution is 2.05. The van der Waals surface area contributed by atoms with Crippen LogP contribution in [0.15, 0.2) is 24.3 Å². The monoisotopic (exact) mass is 142 g/mol. The van der Waals surface area contributed by atoms with Crippen LogP contribution in [-0.2, 0) is 11.3 Å². The van der Waals surface area contributed by atoms with Crippen LogP contribution in [0, 0.1) is 0 Å². The Morgan fingerprint density at radius 3 is 2.90 bits per heavy atom. The minimum atomic E-state index is -2.77. The van der Waals surface area contributed by atoms with Crippen molar-refractivity contribution in [2.24, 2.45) is 0 Å². The van der Waals surface area contributed by atoms with E-state index in [2.05, 4.69) is 4.74 Å². The van der Waals surface area contributed by atoms with Gasteiger partial charge in [0, 0.05) is 12.7 Å². The number of nitrogen functional groups attached to an aromatic ring is 1. The molecule has 0 atom stereocenters. The molecule has 1 aromatic rings. The van der Waals surface area contributed by atoms with Crippen molar-refractivity contribution in [2.45, 2.75) is 6.56 Å². The molecule has 0 aliphatic carbocycles. The van der Waals surface area contributed by atoms with E-state index < -0.39 is 13.6 Å². The number of benzene rings is 1. The quantitative estimate of drug-likeness (QED) is 0.634. The molecule has 0 heterocycles. The molecule has 0 saturated carbocycles. The highest BCUT2D eigenvalue weighted by Gasteiger charge is 1.88. The number of nitrogens with two attached hydrogens (primary N) is 1. The van der Waals surface area contributed by atoms with Gasteiger partial charge in [-0.3, -0.25) is 0 Å². The predicted octanol–water partition coefficient (Wildman–Crippen LogP) is 1.42. The number of hydrogen-bond acceptors (Lipinski definition) is 2. The summed E-state index contributed by atoms with van der Waals surface area (Å²) in [6.07, 6.45) is 0. The number of hydrogen-bond donors (Lipinski definition) is 1. The van der Waals surface area contributed by atoms with E-state index in [1.54, 1.807) is 0 Å². The first-order valence-electron chi connectivity index (χ1n) is 5.27. The normalized spacial score (nSPS) is 19.8. The number of rotatable bonds is 2. The molecule has 0 saturated heterocycles. The van der Waals surface area contributed by atoms with Crippen molar-refractivity contribution in [3.8, 4) is 0 Å². The summed E-state index contributed by atoms with van der Waals surface area (Å²) in [4.78, 5) is 0. The van der Waals surface area contributed by atoms with Gasteiger partial charge >= 0.3 is 0 Å². The van der Waals surface area contributed by atoms with Crippen LogP contribution in [0.3, 0.4) is 0 Å². The third-order valence-electron chi connectivity index (χ3n) is 1.08.